The molecule has 0 bridgehead atoms. The van der Waals surface area contributed by atoms with Crippen LogP contribution in [0.5, 0.6) is 5.75 Å². The van der Waals surface area contributed by atoms with Gasteiger partial charge in [0, 0.05) is 17.5 Å². The van der Waals surface area contributed by atoms with Crippen molar-refractivity contribution in [3.63, 3.8) is 0 Å². The molecule has 0 aromatic heterocycles. The molecule has 0 saturated carbocycles. The van der Waals surface area contributed by atoms with E-state index in [-0.39, 0.29) is 28.7 Å². The van der Waals surface area contributed by atoms with E-state index in [1.165, 1.54) is 29.2 Å². The first kappa shape index (κ1) is 18.7. The van der Waals surface area contributed by atoms with Crippen molar-refractivity contribution in [1.29, 1.82) is 0 Å². The molecule has 6 nitrogen and oxygen atoms in total. The standard InChI is InChI=1S/C23H20N2O4/c1-2-3-12-25-22(28)17-10-8-15(13-18(17)23(25)29)21(27)24-20-16-7-5-4-6-14(16)9-11-19(20)26/h4-11,13,26H,2-3,12H2,1H3,(H,24,27). The van der Waals surface area contributed by atoms with E-state index >= 15 is 0 Å². The third-order valence-corrected chi connectivity index (χ3v) is 5.11. The third-order valence-electron chi connectivity index (χ3n) is 5.11. The number of hydrogen-bond donors (Lipinski definition) is 2. The predicted octanol–water partition coefficient (Wildman–Crippen LogP) is 4.19. The Hall–Kier alpha value is -3.67. The Morgan fingerprint density at radius 1 is 1.00 bits per heavy atom. The van der Waals surface area contributed by atoms with Gasteiger partial charge in [-0.25, -0.2) is 0 Å². The highest BCUT2D eigenvalue weighted by molar-refractivity contribution is 6.22. The smallest absolute Gasteiger partial charge is 0.261 e. The molecule has 6 heteroatoms. The minimum Gasteiger partial charge on any atom is -0.506 e. The molecule has 0 spiro atoms. The Morgan fingerprint density at radius 2 is 1.76 bits per heavy atom. The lowest BCUT2D eigenvalue weighted by Gasteiger charge is -2.12. The summed E-state index contributed by atoms with van der Waals surface area (Å²) in [5.74, 6) is -1.21. The van der Waals surface area contributed by atoms with Crippen molar-refractivity contribution in [3.8, 4) is 5.75 Å². The maximum Gasteiger partial charge on any atom is 0.261 e. The van der Waals surface area contributed by atoms with Crippen molar-refractivity contribution in [1.82, 2.24) is 4.90 Å². The van der Waals surface area contributed by atoms with Crippen LogP contribution >= 0.6 is 0 Å². The lowest BCUT2D eigenvalue weighted by Crippen LogP contribution is -2.30. The number of phenols is 1. The molecule has 0 fully saturated rings. The predicted molar refractivity (Wildman–Crippen MR) is 110 cm³/mol. The number of benzene rings is 3. The monoisotopic (exact) mass is 388 g/mol. The highest BCUT2D eigenvalue weighted by Crippen LogP contribution is 2.33. The topological polar surface area (TPSA) is 86.7 Å². The van der Waals surface area contributed by atoms with Gasteiger partial charge in [0.15, 0.2) is 0 Å². The highest BCUT2D eigenvalue weighted by atomic mass is 16.3. The van der Waals surface area contributed by atoms with Crippen molar-refractivity contribution in [2.75, 3.05) is 11.9 Å². The number of aromatic hydroxyl groups is 1. The van der Waals surface area contributed by atoms with Crippen LogP contribution in [-0.2, 0) is 0 Å². The average molecular weight is 388 g/mol. The van der Waals surface area contributed by atoms with Crippen LogP contribution in [0.2, 0.25) is 0 Å². The van der Waals surface area contributed by atoms with E-state index in [1.54, 1.807) is 12.1 Å². The number of carbonyl (C=O) groups is 3. The summed E-state index contributed by atoms with van der Waals surface area (Å²) in [5.41, 5.74) is 1.10. The molecule has 1 aliphatic heterocycles. The van der Waals surface area contributed by atoms with E-state index in [1.807, 2.05) is 25.1 Å². The molecule has 3 amide bonds. The summed E-state index contributed by atoms with van der Waals surface area (Å²) in [7, 11) is 0. The fourth-order valence-electron chi connectivity index (χ4n) is 3.53. The van der Waals surface area contributed by atoms with E-state index in [9.17, 15) is 19.5 Å². The molecule has 3 aromatic carbocycles. The maximum absolute atomic E-state index is 12.8. The number of nitrogens with one attached hydrogen (secondary N) is 1. The van der Waals surface area contributed by atoms with Gasteiger partial charge in [0.2, 0.25) is 0 Å². The van der Waals surface area contributed by atoms with Crippen molar-refractivity contribution < 1.29 is 19.5 Å². The number of carbonyl (C=O) groups excluding carboxylic acids is 3. The second kappa shape index (κ2) is 7.39. The molecule has 0 saturated heterocycles. The number of unbranched alkanes of at least 4 members (excludes halogenated alkanes) is 1. The van der Waals surface area contributed by atoms with Crippen LogP contribution in [0.25, 0.3) is 10.8 Å². The van der Waals surface area contributed by atoms with E-state index in [2.05, 4.69) is 5.32 Å². The van der Waals surface area contributed by atoms with Gasteiger partial charge in [0.1, 0.15) is 5.75 Å². The largest absolute Gasteiger partial charge is 0.506 e. The molecule has 0 radical (unpaired) electrons. The van der Waals surface area contributed by atoms with Crippen molar-refractivity contribution in [2.45, 2.75) is 19.8 Å². The fraction of sp³-hybridized carbons (Fsp3) is 0.174. The van der Waals surface area contributed by atoms with Crippen LogP contribution in [0.1, 0.15) is 50.8 Å². The molecular formula is C23H20N2O4. The molecule has 0 atom stereocenters. The number of imide groups is 1. The van der Waals surface area contributed by atoms with Gasteiger partial charge >= 0.3 is 0 Å². The van der Waals surface area contributed by atoms with Crippen LogP contribution in [0.3, 0.4) is 0 Å². The molecule has 1 aliphatic rings. The number of hydrogen-bond acceptors (Lipinski definition) is 4. The van der Waals surface area contributed by atoms with Crippen LogP contribution in [0, 0.1) is 0 Å². The lowest BCUT2D eigenvalue weighted by molar-refractivity contribution is 0.0652. The molecule has 146 valence electrons. The second-order valence-corrected chi connectivity index (χ2v) is 7.01. The summed E-state index contributed by atoms with van der Waals surface area (Å²) in [4.78, 5) is 39.1. The van der Waals surface area contributed by atoms with Crippen molar-refractivity contribution >= 4 is 34.2 Å². The van der Waals surface area contributed by atoms with Crippen LogP contribution in [0.15, 0.2) is 54.6 Å². The van der Waals surface area contributed by atoms with Crippen molar-refractivity contribution in [3.05, 3.63) is 71.3 Å². The Labute approximate surface area is 167 Å². The molecule has 0 aliphatic carbocycles. The van der Waals surface area contributed by atoms with Gasteiger partial charge in [-0.2, -0.15) is 0 Å². The van der Waals surface area contributed by atoms with Crippen LogP contribution in [0.4, 0.5) is 5.69 Å². The first-order valence-corrected chi connectivity index (χ1v) is 9.53. The zero-order chi connectivity index (χ0) is 20.5. The summed E-state index contributed by atoms with van der Waals surface area (Å²) >= 11 is 0. The number of rotatable bonds is 5. The Morgan fingerprint density at radius 3 is 2.55 bits per heavy atom. The summed E-state index contributed by atoms with van der Waals surface area (Å²) in [6, 6.07) is 15.2. The summed E-state index contributed by atoms with van der Waals surface area (Å²) in [5, 5.41) is 14.6. The zero-order valence-corrected chi connectivity index (χ0v) is 15.9. The van der Waals surface area contributed by atoms with Crippen LogP contribution < -0.4 is 5.32 Å². The van der Waals surface area contributed by atoms with Gasteiger partial charge < -0.3 is 10.4 Å². The maximum atomic E-state index is 12.8. The molecule has 0 unspecified atom stereocenters. The number of amides is 3. The molecule has 3 aromatic rings. The normalized spacial score (nSPS) is 13.1. The van der Waals surface area contributed by atoms with E-state index in [0.29, 0.717) is 23.2 Å². The summed E-state index contributed by atoms with van der Waals surface area (Å²) in [6.07, 6.45) is 1.61. The fourth-order valence-corrected chi connectivity index (χ4v) is 3.53. The SMILES string of the molecule is CCCCN1C(=O)c2ccc(C(=O)Nc3c(O)ccc4ccccc34)cc2C1=O. The first-order chi connectivity index (χ1) is 14.0. The first-order valence-electron chi connectivity index (χ1n) is 9.53. The molecular weight excluding hydrogens is 368 g/mol. The van der Waals surface area contributed by atoms with Gasteiger partial charge in [-0.1, -0.05) is 43.7 Å². The number of phenolic OH excluding ortho intramolecular Hbond substituents is 1. The van der Waals surface area contributed by atoms with Crippen LogP contribution in [-0.4, -0.2) is 34.3 Å². The average Bonchev–Trinajstić information content (AvgIpc) is 2.98. The quantitative estimate of drug-likeness (QED) is 0.507. The van der Waals surface area contributed by atoms with Gasteiger partial charge in [0.05, 0.1) is 16.8 Å². The minimum absolute atomic E-state index is 0.0461. The molecule has 29 heavy (non-hydrogen) atoms. The summed E-state index contributed by atoms with van der Waals surface area (Å²) < 4.78 is 0. The Bertz CT molecular complexity index is 1150. The second-order valence-electron chi connectivity index (χ2n) is 7.01. The zero-order valence-electron chi connectivity index (χ0n) is 15.9. The van der Waals surface area contributed by atoms with Crippen molar-refractivity contribution in [2.24, 2.45) is 0 Å². The van der Waals surface area contributed by atoms with Gasteiger partial charge in [0.25, 0.3) is 17.7 Å². The van der Waals surface area contributed by atoms with Gasteiger partial charge in [-0.3, -0.25) is 19.3 Å². The Kier molecular flexibility index (Phi) is 4.76. The van der Waals surface area contributed by atoms with E-state index in [0.717, 1.165) is 18.2 Å². The van der Waals surface area contributed by atoms with E-state index < -0.39 is 5.91 Å². The Balaban J connectivity index is 1.64. The number of fused-ring (bicyclic) bond motifs is 2. The van der Waals surface area contributed by atoms with Gasteiger partial charge in [-0.05, 0) is 36.1 Å². The highest BCUT2D eigenvalue weighted by Gasteiger charge is 2.35. The summed E-state index contributed by atoms with van der Waals surface area (Å²) in [6.45, 7) is 2.36. The number of anilines is 1. The number of nitrogens with zero attached hydrogens (tertiary/aromatic N) is 1. The molecule has 2 N–H and O–H groups in total. The van der Waals surface area contributed by atoms with Gasteiger partial charge in [-0.15, -0.1) is 0 Å². The third kappa shape index (κ3) is 3.23. The lowest BCUT2D eigenvalue weighted by atomic mass is 10.0. The molecule has 4 rings (SSSR count). The van der Waals surface area contributed by atoms with E-state index in [4.69, 9.17) is 0 Å². The minimum atomic E-state index is -0.466. The molecule has 1 heterocycles.